The van der Waals surface area contributed by atoms with Crippen LogP contribution < -0.4 is 15.7 Å². The lowest BCUT2D eigenvalue weighted by molar-refractivity contribution is -0.136. The minimum atomic E-state index is -0.454. The first-order valence-electron chi connectivity index (χ1n) is 9.22. The average molecular weight is 427 g/mol. The quantitative estimate of drug-likeness (QED) is 0.580. The van der Waals surface area contributed by atoms with Crippen LogP contribution in [-0.4, -0.2) is 34.5 Å². The lowest BCUT2D eigenvalue weighted by Crippen LogP contribution is -2.37. The summed E-state index contributed by atoms with van der Waals surface area (Å²) in [4.78, 5) is 23.7. The van der Waals surface area contributed by atoms with Crippen molar-refractivity contribution >= 4 is 33.3 Å². The van der Waals surface area contributed by atoms with Gasteiger partial charge in [-0.25, -0.2) is 9.48 Å². The monoisotopic (exact) mass is 427 g/mol. The van der Waals surface area contributed by atoms with Crippen LogP contribution in [0.15, 0.2) is 53.1 Å². The fourth-order valence-electron chi connectivity index (χ4n) is 3.22. The number of carbonyl (C=O) groups excluding carboxylic acids is 1. The molecular formula is C20H21N5O4S. The average Bonchev–Trinajstić information content (AvgIpc) is 3.38. The molecular weight excluding hydrogens is 406 g/mol. The summed E-state index contributed by atoms with van der Waals surface area (Å²) in [5, 5.41) is 4.65. The van der Waals surface area contributed by atoms with Crippen molar-refractivity contribution in [3.8, 4) is 0 Å². The maximum Gasteiger partial charge on any atom is 0.355 e. The standard InChI is InChI=1S/C20H21N5O4S/c1-12(13-4-6-16-17(10-13)30-20(27)24(16)11-28-2)14-8-9-25(23-14)18-7-5-15(21-22-18)19(26)29-3/h4-10,12,21-22H,11H2,1-3H3. The van der Waals surface area contributed by atoms with Gasteiger partial charge in [0.2, 0.25) is 0 Å². The smallest absolute Gasteiger partial charge is 0.355 e. The van der Waals surface area contributed by atoms with Crippen LogP contribution in [-0.2, 0) is 21.0 Å². The Morgan fingerprint density at radius 3 is 2.77 bits per heavy atom. The number of nitrogens with one attached hydrogen (secondary N) is 2. The Bertz CT molecular complexity index is 1220. The van der Waals surface area contributed by atoms with Crippen LogP contribution in [0.1, 0.15) is 24.1 Å². The number of ether oxygens (including phenoxy) is 2. The molecule has 1 aliphatic rings. The molecule has 0 spiro atoms. The number of hydrogen-bond donors (Lipinski definition) is 2. The number of methoxy groups -OCH3 is 2. The van der Waals surface area contributed by atoms with Gasteiger partial charge in [-0.05, 0) is 35.9 Å². The van der Waals surface area contributed by atoms with Crippen molar-refractivity contribution in [3.05, 3.63) is 69.2 Å². The predicted octanol–water partition coefficient (Wildman–Crippen LogP) is 1.98. The predicted molar refractivity (Wildman–Crippen MR) is 113 cm³/mol. The molecule has 0 fully saturated rings. The molecule has 3 aromatic rings. The summed E-state index contributed by atoms with van der Waals surface area (Å²) in [6.45, 7) is 2.30. The van der Waals surface area contributed by atoms with E-state index < -0.39 is 5.97 Å². The van der Waals surface area contributed by atoms with E-state index in [9.17, 15) is 9.59 Å². The number of hydrazine groups is 1. The molecule has 10 heteroatoms. The summed E-state index contributed by atoms with van der Waals surface area (Å²) >= 11 is 1.21. The van der Waals surface area contributed by atoms with Gasteiger partial charge >= 0.3 is 10.8 Å². The number of nitrogens with zero attached hydrogens (tertiary/aromatic N) is 3. The number of aromatic nitrogens is 3. The van der Waals surface area contributed by atoms with E-state index in [0.29, 0.717) is 11.5 Å². The number of rotatable bonds is 6. The minimum Gasteiger partial charge on any atom is -0.464 e. The first-order chi connectivity index (χ1) is 14.5. The third kappa shape index (κ3) is 3.62. The molecule has 1 unspecified atom stereocenters. The number of fused-ring (bicyclic) bond motifs is 1. The molecule has 2 aromatic heterocycles. The highest BCUT2D eigenvalue weighted by molar-refractivity contribution is 7.16. The van der Waals surface area contributed by atoms with Crippen molar-refractivity contribution in [2.45, 2.75) is 19.6 Å². The van der Waals surface area contributed by atoms with Gasteiger partial charge in [-0.1, -0.05) is 24.3 Å². The largest absolute Gasteiger partial charge is 0.464 e. The van der Waals surface area contributed by atoms with Gasteiger partial charge in [0.15, 0.2) is 0 Å². The SMILES string of the molecule is COCn1c(=O)sc2cc(C(C)c3ccn(C4=CC=C(C(=O)OC)NN4)n3)ccc21. The van der Waals surface area contributed by atoms with E-state index in [2.05, 4.69) is 27.6 Å². The molecule has 0 amide bonds. The van der Waals surface area contributed by atoms with Crippen molar-refractivity contribution in [1.29, 1.82) is 0 Å². The molecule has 4 rings (SSSR count). The van der Waals surface area contributed by atoms with Crippen LogP contribution in [0.2, 0.25) is 0 Å². The Morgan fingerprint density at radius 1 is 1.23 bits per heavy atom. The van der Waals surface area contributed by atoms with Gasteiger partial charge in [-0.3, -0.25) is 20.2 Å². The van der Waals surface area contributed by atoms with Gasteiger partial charge in [-0.2, -0.15) is 5.10 Å². The normalized spacial score (nSPS) is 14.5. The number of thiazole rings is 1. The topological polar surface area (TPSA) is 99.4 Å². The van der Waals surface area contributed by atoms with Crippen LogP contribution >= 0.6 is 11.3 Å². The second kappa shape index (κ2) is 8.17. The Hall–Kier alpha value is -3.37. The van der Waals surface area contributed by atoms with Gasteiger partial charge in [0, 0.05) is 19.2 Å². The van der Waals surface area contributed by atoms with E-state index in [1.54, 1.807) is 28.5 Å². The molecule has 0 saturated heterocycles. The fraction of sp³-hybridized carbons (Fsp3) is 0.250. The molecule has 0 bridgehead atoms. The number of benzene rings is 1. The van der Waals surface area contributed by atoms with Crippen molar-refractivity contribution in [3.63, 3.8) is 0 Å². The number of esters is 1. The number of hydrogen-bond acceptors (Lipinski definition) is 8. The molecule has 0 radical (unpaired) electrons. The second-order valence-electron chi connectivity index (χ2n) is 6.72. The molecule has 156 valence electrons. The van der Waals surface area contributed by atoms with Crippen LogP contribution in [0.5, 0.6) is 0 Å². The summed E-state index contributed by atoms with van der Waals surface area (Å²) in [5.41, 5.74) is 8.85. The van der Waals surface area contributed by atoms with Gasteiger partial charge in [0.1, 0.15) is 18.2 Å². The van der Waals surface area contributed by atoms with Crippen molar-refractivity contribution in [2.75, 3.05) is 14.2 Å². The first-order valence-corrected chi connectivity index (χ1v) is 10.0. The number of allylic oxidation sites excluding steroid dienone is 2. The lowest BCUT2D eigenvalue weighted by Gasteiger charge is -2.18. The van der Waals surface area contributed by atoms with Crippen LogP contribution in [0.3, 0.4) is 0 Å². The summed E-state index contributed by atoms with van der Waals surface area (Å²) in [6.07, 6.45) is 5.21. The highest BCUT2D eigenvalue weighted by atomic mass is 32.1. The molecule has 0 aliphatic carbocycles. The van der Waals surface area contributed by atoms with E-state index >= 15 is 0 Å². The fourth-order valence-corrected chi connectivity index (χ4v) is 4.14. The molecule has 0 saturated carbocycles. The maximum absolute atomic E-state index is 12.2. The lowest BCUT2D eigenvalue weighted by atomic mass is 9.98. The Labute approximate surface area is 176 Å². The van der Waals surface area contributed by atoms with Gasteiger partial charge in [-0.15, -0.1) is 0 Å². The third-order valence-electron chi connectivity index (χ3n) is 4.89. The van der Waals surface area contributed by atoms with E-state index in [4.69, 9.17) is 4.74 Å². The summed E-state index contributed by atoms with van der Waals surface area (Å²) < 4.78 is 14.0. The Balaban J connectivity index is 1.58. The third-order valence-corrected chi connectivity index (χ3v) is 5.83. The van der Waals surface area contributed by atoms with Crippen LogP contribution in [0.25, 0.3) is 16.0 Å². The van der Waals surface area contributed by atoms with Crippen molar-refractivity contribution in [2.24, 2.45) is 0 Å². The number of carbonyl (C=O) groups is 1. The van der Waals surface area contributed by atoms with Crippen LogP contribution in [0, 0.1) is 0 Å². The van der Waals surface area contributed by atoms with Crippen LogP contribution in [0.4, 0.5) is 0 Å². The maximum atomic E-state index is 12.2. The summed E-state index contributed by atoms with van der Waals surface area (Å²) in [6, 6.07) is 7.93. The van der Waals surface area contributed by atoms with E-state index in [-0.39, 0.29) is 17.5 Å². The molecule has 1 aliphatic heterocycles. The summed E-state index contributed by atoms with van der Waals surface area (Å²) in [5.74, 6) is 0.248. The zero-order valence-corrected chi connectivity index (χ0v) is 17.5. The van der Waals surface area contributed by atoms with Gasteiger partial charge in [0.05, 0.1) is 23.0 Å². The highest BCUT2D eigenvalue weighted by Crippen LogP contribution is 2.27. The summed E-state index contributed by atoms with van der Waals surface area (Å²) in [7, 11) is 2.90. The Kier molecular flexibility index (Phi) is 5.42. The first kappa shape index (κ1) is 19.9. The van der Waals surface area contributed by atoms with Crippen molar-refractivity contribution < 1.29 is 14.3 Å². The zero-order chi connectivity index (χ0) is 21.3. The molecule has 30 heavy (non-hydrogen) atoms. The van der Waals surface area contributed by atoms with Gasteiger partial charge in [0.25, 0.3) is 0 Å². The van der Waals surface area contributed by atoms with E-state index in [1.165, 1.54) is 18.4 Å². The minimum absolute atomic E-state index is 0.0297. The second-order valence-corrected chi connectivity index (χ2v) is 7.71. The van der Waals surface area contributed by atoms with E-state index in [0.717, 1.165) is 21.5 Å². The molecule has 1 aromatic carbocycles. The molecule has 2 N–H and O–H groups in total. The molecule has 9 nitrogen and oxygen atoms in total. The van der Waals surface area contributed by atoms with Crippen molar-refractivity contribution in [1.82, 2.24) is 25.2 Å². The molecule has 3 heterocycles. The highest BCUT2D eigenvalue weighted by Gasteiger charge is 2.17. The zero-order valence-electron chi connectivity index (χ0n) is 16.7. The Morgan fingerprint density at radius 2 is 2.07 bits per heavy atom. The van der Waals surface area contributed by atoms with Gasteiger partial charge < -0.3 is 9.47 Å². The molecule has 1 atom stereocenters. The van der Waals surface area contributed by atoms with E-state index in [1.807, 2.05) is 30.5 Å².